The lowest BCUT2D eigenvalue weighted by Crippen LogP contribution is -2.31. The van der Waals surface area contributed by atoms with Gasteiger partial charge in [-0.25, -0.2) is 4.98 Å². The summed E-state index contributed by atoms with van der Waals surface area (Å²) in [5, 5.41) is 2.90. The van der Waals surface area contributed by atoms with Gasteiger partial charge in [0.2, 0.25) is 0 Å². The van der Waals surface area contributed by atoms with Crippen LogP contribution >= 0.6 is 45.9 Å². The van der Waals surface area contributed by atoms with Gasteiger partial charge in [-0.2, -0.15) is 0 Å². The lowest BCUT2D eigenvalue weighted by molar-refractivity contribution is 0.474. The van der Waals surface area contributed by atoms with Gasteiger partial charge in [0.1, 0.15) is 9.34 Å². The normalized spacial score (nSPS) is 14.9. The van der Waals surface area contributed by atoms with E-state index in [1.807, 2.05) is 18.4 Å². The zero-order valence-electron chi connectivity index (χ0n) is 9.46. The minimum atomic E-state index is -0.380. The molecule has 17 heavy (non-hydrogen) atoms. The second-order valence-electron chi connectivity index (χ2n) is 4.05. The number of thiophene rings is 1. The maximum Gasteiger partial charge on any atom is 0.113 e. The Morgan fingerprint density at radius 3 is 2.71 bits per heavy atom. The third kappa shape index (κ3) is 2.66. The molecule has 6 heteroatoms. The van der Waals surface area contributed by atoms with Crippen LogP contribution < -0.4 is 5.73 Å². The van der Waals surface area contributed by atoms with Crippen LogP contribution in [0.25, 0.3) is 11.3 Å². The summed E-state index contributed by atoms with van der Waals surface area (Å²) in [6, 6.07) is 1.84. The van der Waals surface area contributed by atoms with Crippen molar-refractivity contribution in [2.75, 3.05) is 0 Å². The first-order chi connectivity index (χ1) is 7.94. The Balaban J connectivity index is 2.40. The molecule has 0 aliphatic heterocycles. The fourth-order valence-electron chi connectivity index (χ4n) is 1.33. The van der Waals surface area contributed by atoms with E-state index in [1.165, 1.54) is 11.3 Å². The topological polar surface area (TPSA) is 38.9 Å². The van der Waals surface area contributed by atoms with Gasteiger partial charge in [0.15, 0.2) is 0 Å². The standard InChI is InChI=1S/C11H12Cl2N2S2/c1-3-11(2,14)10-15-7(5-16-10)6-4-8(12)17-9(6)13/h4-5H,3,14H2,1-2H3. The fourth-order valence-corrected chi connectivity index (χ4v) is 3.77. The molecule has 0 aliphatic carbocycles. The highest BCUT2D eigenvalue weighted by molar-refractivity contribution is 7.20. The van der Waals surface area contributed by atoms with Crippen molar-refractivity contribution in [3.63, 3.8) is 0 Å². The van der Waals surface area contributed by atoms with Crippen molar-refractivity contribution >= 4 is 45.9 Å². The van der Waals surface area contributed by atoms with E-state index in [4.69, 9.17) is 28.9 Å². The average Bonchev–Trinajstić information content (AvgIpc) is 2.85. The number of hydrogen-bond donors (Lipinski definition) is 1. The Kier molecular flexibility index (Phi) is 3.80. The molecule has 2 rings (SSSR count). The molecule has 0 aliphatic rings. The Labute approximate surface area is 118 Å². The maximum atomic E-state index is 6.16. The molecule has 2 nitrogen and oxygen atoms in total. The summed E-state index contributed by atoms with van der Waals surface area (Å²) >= 11 is 14.9. The molecule has 0 bridgehead atoms. The van der Waals surface area contributed by atoms with E-state index in [0.717, 1.165) is 22.7 Å². The van der Waals surface area contributed by atoms with Crippen molar-refractivity contribution in [1.29, 1.82) is 0 Å². The fraction of sp³-hybridized carbons (Fsp3) is 0.364. The number of nitrogens with two attached hydrogens (primary N) is 1. The average molecular weight is 307 g/mol. The van der Waals surface area contributed by atoms with E-state index in [2.05, 4.69) is 11.9 Å². The number of nitrogens with zero attached hydrogens (tertiary/aromatic N) is 1. The lowest BCUT2D eigenvalue weighted by Gasteiger charge is -2.18. The van der Waals surface area contributed by atoms with Gasteiger partial charge in [0.05, 0.1) is 15.6 Å². The molecule has 0 aromatic carbocycles. The molecule has 0 radical (unpaired) electrons. The second-order valence-corrected chi connectivity index (χ2v) is 7.19. The summed E-state index contributed by atoms with van der Waals surface area (Å²) in [4.78, 5) is 4.55. The monoisotopic (exact) mass is 306 g/mol. The van der Waals surface area contributed by atoms with E-state index in [-0.39, 0.29) is 5.54 Å². The van der Waals surface area contributed by atoms with Crippen molar-refractivity contribution in [2.45, 2.75) is 25.8 Å². The Morgan fingerprint density at radius 2 is 2.18 bits per heavy atom. The van der Waals surface area contributed by atoms with E-state index in [1.54, 1.807) is 11.3 Å². The van der Waals surface area contributed by atoms with Gasteiger partial charge in [-0.1, -0.05) is 30.1 Å². The van der Waals surface area contributed by atoms with Crippen molar-refractivity contribution in [3.8, 4) is 11.3 Å². The van der Waals surface area contributed by atoms with Crippen LogP contribution in [-0.2, 0) is 5.54 Å². The maximum absolute atomic E-state index is 6.16. The zero-order chi connectivity index (χ0) is 12.6. The van der Waals surface area contributed by atoms with Gasteiger partial charge in [-0.3, -0.25) is 0 Å². The molecule has 2 aromatic rings. The van der Waals surface area contributed by atoms with E-state index >= 15 is 0 Å². The minimum absolute atomic E-state index is 0.380. The molecule has 0 saturated carbocycles. The van der Waals surface area contributed by atoms with Crippen LogP contribution in [0.1, 0.15) is 25.3 Å². The number of hydrogen-bond acceptors (Lipinski definition) is 4. The Morgan fingerprint density at radius 1 is 1.47 bits per heavy atom. The minimum Gasteiger partial charge on any atom is -0.320 e. The summed E-state index contributed by atoms with van der Waals surface area (Å²) in [5.74, 6) is 0. The number of halogens is 2. The van der Waals surface area contributed by atoms with Gasteiger partial charge < -0.3 is 5.73 Å². The summed E-state index contributed by atoms with van der Waals surface area (Å²) in [6.45, 7) is 4.04. The molecule has 2 heterocycles. The van der Waals surface area contributed by atoms with E-state index < -0.39 is 0 Å². The quantitative estimate of drug-likeness (QED) is 0.887. The van der Waals surface area contributed by atoms with Crippen LogP contribution in [0.15, 0.2) is 11.4 Å². The summed E-state index contributed by atoms with van der Waals surface area (Å²) in [7, 11) is 0. The number of thiazole rings is 1. The molecule has 0 fully saturated rings. The molecule has 92 valence electrons. The van der Waals surface area contributed by atoms with Crippen molar-refractivity contribution in [1.82, 2.24) is 4.98 Å². The third-order valence-corrected chi connectivity index (χ3v) is 5.27. The third-order valence-electron chi connectivity index (χ3n) is 2.66. The molecule has 0 saturated heterocycles. The molecule has 0 amide bonds. The Bertz CT molecular complexity index is 531. The first kappa shape index (κ1) is 13.3. The second kappa shape index (κ2) is 4.86. The molecular formula is C11H12Cl2N2S2. The summed E-state index contributed by atoms with van der Waals surface area (Å²) < 4.78 is 1.34. The molecule has 1 atom stereocenters. The van der Waals surface area contributed by atoms with Crippen molar-refractivity contribution in [2.24, 2.45) is 5.73 Å². The molecule has 1 unspecified atom stereocenters. The highest BCUT2D eigenvalue weighted by Gasteiger charge is 2.23. The highest BCUT2D eigenvalue weighted by atomic mass is 35.5. The smallest absolute Gasteiger partial charge is 0.113 e. The molecule has 0 spiro atoms. The van der Waals surface area contributed by atoms with Crippen LogP contribution in [0.3, 0.4) is 0 Å². The van der Waals surface area contributed by atoms with Crippen LogP contribution in [0.5, 0.6) is 0 Å². The largest absolute Gasteiger partial charge is 0.320 e. The first-order valence-corrected chi connectivity index (χ1v) is 7.59. The van der Waals surface area contributed by atoms with Crippen LogP contribution in [0.2, 0.25) is 8.67 Å². The van der Waals surface area contributed by atoms with Gasteiger partial charge in [-0.15, -0.1) is 22.7 Å². The van der Waals surface area contributed by atoms with Gasteiger partial charge in [0.25, 0.3) is 0 Å². The molecular weight excluding hydrogens is 295 g/mol. The van der Waals surface area contributed by atoms with E-state index in [9.17, 15) is 0 Å². The van der Waals surface area contributed by atoms with Crippen molar-refractivity contribution in [3.05, 3.63) is 25.1 Å². The predicted octanol–water partition coefficient (Wildman–Crippen LogP) is 4.76. The SMILES string of the molecule is CCC(C)(N)c1nc(-c2cc(Cl)sc2Cl)cs1. The predicted molar refractivity (Wildman–Crippen MR) is 77.3 cm³/mol. The zero-order valence-corrected chi connectivity index (χ0v) is 12.6. The summed E-state index contributed by atoms with van der Waals surface area (Å²) in [5.41, 5.74) is 7.52. The lowest BCUT2D eigenvalue weighted by atomic mass is 10.0. The van der Waals surface area contributed by atoms with Gasteiger partial charge in [0, 0.05) is 10.9 Å². The van der Waals surface area contributed by atoms with E-state index in [0.29, 0.717) is 8.67 Å². The van der Waals surface area contributed by atoms with Crippen molar-refractivity contribution < 1.29 is 0 Å². The molecule has 2 N–H and O–H groups in total. The number of aromatic nitrogens is 1. The highest BCUT2D eigenvalue weighted by Crippen LogP contribution is 2.39. The van der Waals surface area contributed by atoms with Gasteiger partial charge in [-0.05, 0) is 19.4 Å². The van der Waals surface area contributed by atoms with Crippen LogP contribution in [0, 0.1) is 0 Å². The first-order valence-electron chi connectivity index (χ1n) is 5.14. The van der Waals surface area contributed by atoms with Gasteiger partial charge >= 0.3 is 0 Å². The molecule has 2 aromatic heterocycles. The van der Waals surface area contributed by atoms with Crippen LogP contribution in [-0.4, -0.2) is 4.98 Å². The number of rotatable bonds is 3. The van der Waals surface area contributed by atoms with Crippen LogP contribution in [0.4, 0.5) is 0 Å². The summed E-state index contributed by atoms with van der Waals surface area (Å²) in [6.07, 6.45) is 0.845. The Hall–Kier alpha value is -0.130.